The van der Waals surface area contributed by atoms with Crippen LogP contribution >= 0.6 is 11.3 Å². The zero-order valence-electron chi connectivity index (χ0n) is 11.9. The number of phenolic OH excluding ortho intramolecular Hbond substituents is 1. The number of aromatic hydroxyl groups is 1. The number of aromatic nitrogens is 1. The zero-order valence-corrected chi connectivity index (χ0v) is 12.7. The molecule has 0 bridgehead atoms. The molecule has 0 aliphatic rings. The molecule has 2 N–H and O–H groups in total. The van der Waals surface area contributed by atoms with Gasteiger partial charge in [0.1, 0.15) is 5.75 Å². The molecule has 0 unspecified atom stereocenters. The number of phenols is 1. The van der Waals surface area contributed by atoms with Crippen molar-refractivity contribution < 1.29 is 5.11 Å². The highest BCUT2D eigenvalue weighted by molar-refractivity contribution is 7.16. The summed E-state index contributed by atoms with van der Waals surface area (Å²) in [5.74, 6) is 0.260. The van der Waals surface area contributed by atoms with Crippen molar-refractivity contribution in [3.8, 4) is 17.0 Å². The predicted octanol–water partition coefficient (Wildman–Crippen LogP) is 4.88. The molecule has 0 atom stereocenters. The van der Waals surface area contributed by atoms with Gasteiger partial charge in [0.25, 0.3) is 0 Å². The predicted molar refractivity (Wildman–Crippen MR) is 88.4 cm³/mol. The topological polar surface area (TPSA) is 45.2 Å². The Morgan fingerprint density at radius 2 is 1.62 bits per heavy atom. The smallest absolute Gasteiger partial charge is 0.187 e. The zero-order chi connectivity index (χ0) is 14.8. The summed E-state index contributed by atoms with van der Waals surface area (Å²) in [5, 5.41) is 13.4. The average Bonchev–Trinajstić information content (AvgIpc) is 2.83. The normalized spacial score (nSPS) is 10.6. The summed E-state index contributed by atoms with van der Waals surface area (Å²) in [7, 11) is 0. The molecule has 106 valence electrons. The van der Waals surface area contributed by atoms with Crippen molar-refractivity contribution in [3.63, 3.8) is 0 Å². The number of benzene rings is 2. The number of hydrogen-bond acceptors (Lipinski definition) is 4. The summed E-state index contributed by atoms with van der Waals surface area (Å²) in [5.41, 5.74) is 4.31. The van der Waals surface area contributed by atoms with E-state index < -0.39 is 0 Å². The molecule has 3 nitrogen and oxygen atoms in total. The van der Waals surface area contributed by atoms with Crippen molar-refractivity contribution in [2.75, 3.05) is 5.32 Å². The van der Waals surface area contributed by atoms with E-state index in [1.54, 1.807) is 23.5 Å². The number of aryl methyl sites for hydroxylation is 2. The second-order valence-electron chi connectivity index (χ2n) is 4.96. The number of nitrogens with zero attached hydrogens (tertiary/aromatic N) is 1. The lowest BCUT2D eigenvalue weighted by atomic mass is 10.1. The molecule has 0 aliphatic heterocycles. The van der Waals surface area contributed by atoms with E-state index in [2.05, 4.69) is 48.4 Å². The lowest BCUT2D eigenvalue weighted by molar-refractivity contribution is 0.475. The van der Waals surface area contributed by atoms with E-state index in [0.717, 1.165) is 22.1 Å². The minimum absolute atomic E-state index is 0.260. The molecule has 3 aromatic rings. The number of rotatable bonds is 3. The number of nitrogens with one attached hydrogen (secondary N) is 1. The van der Waals surface area contributed by atoms with Gasteiger partial charge < -0.3 is 10.4 Å². The monoisotopic (exact) mass is 296 g/mol. The Bertz CT molecular complexity index is 745. The SMILES string of the molecule is Cc1ccc(-c2nc(Nc3ccc(O)cc3)sc2C)cc1. The quantitative estimate of drug-likeness (QED) is 0.677. The van der Waals surface area contributed by atoms with Gasteiger partial charge in [0.05, 0.1) is 5.69 Å². The third-order valence-electron chi connectivity index (χ3n) is 3.24. The fraction of sp³-hybridized carbons (Fsp3) is 0.118. The van der Waals surface area contributed by atoms with E-state index >= 15 is 0 Å². The lowest BCUT2D eigenvalue weighted by Crippen LogP contribution is -1.89. The molecule has 0 radical (unpaired) electrons. The van der Waals surface area contributed by atoms with Crippen molar-refractivity contribution in [3.05, 3.63) is 59.0 Å². The van der Waals surface area contributed by atoms with Crippen LogP contribution in [0, 0.1) is 13.8 Å². The average molecular weight is 296 g/mol. The van der Waals surface area contributed by atoms with Crippen LogP contribution < -0.4 is 5.32 Å². The second-order valence-corrected chi connectivity index (χ2v) is 6.16. The van der Waals surface area contributed by atoms with Gasteiger partial charge >= 0.3 is 0 Å². The molecule has 0 amide bonds. The standard InChI is InChI=1S/C17H16N2OS/c1-11-3-5-13(6-4-11)16-12(2)21-17(19-16)18-14-7-9-15(20)10-8-14/h3-10,20H,1-2H3,(H,18,19). The highest BCUT2D eigenvalue weighted by Gasteiger charge is 2.09. The van der Waals surface area contributed by atoms with E-state index in [9.17, 15) is 5.11 Å². The summed E-state index contributed by atoms with van der Waals surface area (Å²) >= 11 is 1.63. The van der Waals surface area contributed by atoms with E-state index in [4.69, 9.17) is 0 Å². The van der Waals surface area contributed by atoms with Crippen LogP contribution in [0.5, 0.6) is 5.75 Å². The molecule has 0 saturated heterocycles. The van der Waals surface area contributed by atoms with Gasteiger partial charge in [-0.05, 0) is 38.1 Å². The molecule has 1 aromatic heterocycles. The van der Waals surface area contributed by atoms with Gasteiger partial charge in [-0.1, -0.05) is 29.8 Å². The molecule has 3 rings (SSSR count). The molecule has 2 aromatic carbocycles. The van der Waals surface area contributed by atoms with Crippen LogP contribution in [0.25, 0.3) is 11.3 Å². The molecular formula is C17H16N2OS. The summed E-state index contributed by atoms with van der Waals surface area (Å²) in [4.78, 5) is 5.85. The third-order valence-corrected chi connectivity index (χ3v) is 4.13. The Morgan fingerprint density at radius 1 is 0.952 bits per heavy atom. The maximum absolute atomic E-state index is 9.30. The molecule has 0 aliphatic carbocycles. The first-order valence-corrected chi connectivity index (χ1v) is 7.54. The third kappa shape index (κ3) is 3.06. The fourth-order valence-electron chi connectivity index (χ4n) is 2.10. The summed E-state index contributed by atoms with van der Waals surface area (Å²) in [6.45, 7) is 4.16. The summed E-state index contributed by atoms with van der Waals surface area (Å²) in [6.07, 6.45) is 0. The van der Waals surface area contributed by atoms with Crippen molar-refractivity contribution in [2.24, 2.45) is 0 Å². The van der Waals surface area contributed by atoms with Crippen LogP contribution in [0.4, 0.5) is 10.8 Å². The van der Waals surface area contributed by atoms with Crippen molar-refractivity contribution in [1.82, 2.24) is 4.98 Å². The van der Waals surface area contributed by atoms with E-state index in [1.165, 1.54) is 10.4 Å². The number of hydrogen-bond donors (Lipinski definition) is 2. The molecule has 0 spiro atoms. The first-order valence-electron chi connectivity index (χ1n) is 6.72. The van der Waals surface area contributed by atoms with Gasteiger partial charge in [0, 0.05) is 16.1 Å². The van der Waals surface area contributed by atoms with Crippen LogP contribution in [0.2, 0.25) is 0 Å². The molecule has 1 heterocycles. The molecule has 0 fully saturated rings. The lowest BCUT2D eigenvalue weighted by Gasteiger charge is -2.02. The number of thiazole rings is 1. The van der Waals surface area contributed by atoms with E-state index in [1.807, 2.05) is 12.1 Å². The summed E-state index contributed by atoms with van der Waals surface area (Å²) in [6, 6.07) is 15.4. The Hall–Kier alpha value is -2.33. The Morgan fingerprint density at radius 3 is 2.29 bits per heavy atom. The van der Waals surface area contributed by atoms with Crippen molar-refractivity contribution in [1.29, 1.82) is 0 Å². The Kier molecular flexibility index (Phi) is 3.62. The first-order chi connectivity index (χ1) is 10.1. The maximum atomic E-state index is 9.30. The van der Waals surface area contributed by atoms with Gasteiger partial charge in [-0.2, -0.15) is 0 Å². The van der Waals surface area contributed by atoms with Gasteiger partial charge in [0.15, 0.2) is 5.13 Å². The molecule has 0 saturated carbocycles. The molecule has 21 heavy (non-hydrogen) atoms. The van der Waals surface area contributed by atoms with Crippen LogP contribution in [-0.2, 0) is 0 Å². The summed E-state index contributed by atoms with van der Waals surface area (Å²) < 4.78 is 0. The Labute approximate surface area is 127 Å². The highest BCUT2D eigenvalue weighted by Crippen LogP contribution is 2.32. The maximum Gasteiger partial charge on any atom is 0.187 e. The van der Waals surface area contributed by atoms with E-state index in [-0.39, 0.29) is 5.75 Å². The second kappa shape index (κ2) is 5.58. The van der Waals surface area contributed by atoms with Gasteiger partial charge in [-0.25, -0.2) is 4.98 Å². The van der Waals surface area contributed by atoms with Crippen molar-refractivity contribution in [2.45, 2.75) is 13.8 Å². The minimum Gasteiger partial charge on any atom is -0.508 e. The largest absolute Gasteiger partial charge is 0.508 e. The highest BCUT2D eigenvalue weighted by atomic mass is 32.1. The van der Waals surface area contributed by atoms with Crippen molar-refractivity contribution >= 4 is 22.2 Å². The van der Waals surface area contributed by atoms with Crippen LogP contribution in [0.1, 0.15) is 10.4 Å². The van der Waals surface area contributed by atoms with Gasteiger partial charge in [-0.3, -0.25) is 0 Å². The minimum atomic E-state index is 0.260. The fourth-order valence-corrected chi connectivity index (χ4v) is 2.95. The first kappa shape index (κ1) is 13.6. The van der Waals surface area contributed by atoms with Crippen LogP contribution in [0.15, 0.2) is 48.5 Å². The molecule has 4 heteroatoms. The van der Waals surface area contributed by atoms with Gasteiger partial charge in [0.2, 0.25) is 0 Å². The number of anilines is 2. The van der Waals surface area contributed by atoms with E-state index in [0.29, 0.717) is 0 Å². The van der Waals surface area contributed by atoms with Gasteiger partial charge in [-0.15, -0.1) is 11.3 Å². The Balaban J connectivity index is 1.87. The van der Waals surface area contributed by atoms with Crippen LogP contribution in [-0.4, -0.2) is 10.1 Å². The molecular weight excluding hydrogens is 280 g/mol. The van der Waals surface area contributed by atoms with Crippen LogP contribution in [0.3, 0.4) is 0 Å².